The summed E-state index contributed by atoms with van der Waals surface area (Å²) in [6.07, 6.45) is 4.51. The van der Waals surface area contributed by atoms with Crippen molar-refractivity contribution >= 4 is 59.4 Å². The van der Waals surface area contributed by atoms with Crippen LogP contribution in [-0.4, -0.2) is 113 Å². The average molecular weight is 791 g/mol. The summed E-state index contributed by atoms with van der Waals surface area (Å²) in [5.41, 5.74) is -1.13. The highest BCUT2D eigenvalue weighted by atomic mass is 32.1. The highest BCUT2D eigenvalue weighted by Gasteiger charge is 2.37. The highest BCUT2D eigenvalue weighted by Crippen LogP contribution is 2.36. The predicted octanol–water partition coefficient (Wildman–Crippen LogP) is 6.82. The SMILES string of the molecule is C1CCOC1.COC(=O)CCC[C@@H](CO)N(C)C(=O)OC(C)(C)C.COC(=O)CCC[C@@H](CO[Si](C)(C)C(C)(C)C)NC(=O)OC(C)(C)C.S.S. The normalized spacial score (nSPS) is 13.9. The van der Waals surface area contributed by atoms with Gasteiger partial charge in [0.25, 0.3) is 0 Å². The lowest BCUT2D eigenvalue weighted by atomic mass is 10.1. The minimum atomic E-state index is -1.92. The van der Waals surface area contributed by atoms with Gasteiger partial charge in [0.1, 0.15) is 11.2 Å². The van der Waals surface area contributed by atoms with Gasteiger partial charge in [-0.25, -0.2) is 9.59 Å². The maximum atomic E-state index is 12.1. The maximum Gasteiger partial charge on any atom is 0.410 e. The summed E-state index contributed by atoms with van der Waals surface area (Å²) in [5.74, 6) is -0.544. The third-order valence-corrected chi connectivity index (χ3v) is 12.2. The molecule has 1 rings (SSSR count). The van der Waals surface area contributed by atoms with E-state index >= 15 is 0 Å². The Morgan fingerprint density at radius 2 is 1.25 bits per heavy atom. The molecular weight excluding hydrogens is 717 g/mol. The van der Waals surface area contributed by atoms with E-state index in [4.69, 9.17) is 18.6 Å². The zero-order valence-electron chi connectivity index (χ0n) is 34.1. The van der Waals surface area contributed by atoms with Crippen molar-refractivity contribution in [1.82, 2.24) is 10.2 Å². The van der Waals surface area contributed by atoms with Gasteiger partial charge < -0.3 is 43.4 Å². The second-order valence-electron chi connectivity index (χ2n) is 15.6. The Morgan fingerprint density at radius 3 is 1.61 bits per heavy atom. The number of methoxy groups -OCH3 is 2. The van der Waals surface area contributed by atoms with Crippen molar-refractivity contribution in [3.8, 4) is 0 Å². The molecule has 306 valence electrons. The lowest BCUT2D eigenvalue weighted by molar-refractivity contribution is -0.141. The van der Waals surface area contributed by atoms with Gasteiger partial charge in [0.15, 0.2) is 8.32 Å². The van der Waals surface area contributed by atoms with Crippen molar-refractivity contribution in [3.05, 3.63) is 0 Å². The van der Waals surface area contributed by atoms with Crippen LogP contribution in [0.1, 0.15) is 114 Å². The van der Waals surface area contributed by atoms with E-state index in [2.05, 4.69) is 48.7 Å². The zero-order chi connectivity index (χ0) is 38.5. The van der Waals surface area contributed by atoms with E-state index in [0.29, 0.717) is 38.7 Å². The Bertz CT molecular complexity index is 957. The molecule has 1 heterocycles. The molecule has 1 fully saturated rings. The molecule has 0 spiro atoms. The zero-order valence-corrected chi connectivity index (χ0v) is 37.1. The highest BCUT2D eigenvalue weighted by molar-refractivity contribution is 7.59. The van der Waals surface area contributed by atoms with Gasteiger partial charge in [-0.1, -0.05) is 20.8 Å². The van der Waals surface area contributed by atoms with E-state index in [1.807, 2.05) is 20.8 Å². The smallest absolute Gasteiger partial charge is 0.410 e. The van der Waals surface area contributed by atoms with Crippen molar-refractivity contribution in [2.75, 3.05) is 47.7 Å². The Hall–Kier alpha value is -1.72. The van der Waals surface area contributed by atoms with E-state index in [0.717, 1.165) is 13.2 Å². The van der Waals surface area contributed by atoms with Crippen LogP contribution in [0.2, 0.25) is 18.1 Å². The third-order valence-electron chi connectivity index (χ3n) is 7.75. The van der Waals surface area contributed by atoms with Crippen LogP contribution in [0.25, 0.3) is 0 Å². The standard InChI is InChI=1S/C18H37NO5Si.C13H25NO5.C4H8O.2H2S/c1-17(2,3)24-16(21)19-14(11-10-12-15(20)22-7)13-23-25(8,9)18(4,5)6;1-13(2,3)19-12(17)14(4)10(9-15)7-6-8-11(16)18-5;1-2-4-5-3-1;;/h14H,10-13H2,1-9H3,(H,19,21);10,15H,6-9H2,1-5H3;1-4H2;2*1H2/t14-;10-;;;/m00.../s1. The lowest BCUT2D eigenvalue weighted by Crippen LogP contribution is -2.47. The molecule has 2 amide bonds. The molecular formula is C35H74N2O11S2Si. The molecule has 0 saturated carbocycles. The Labute approximate surface area is 323 Å². The summed E-state index contributed by atoms with van der Waals surface area (Å²) in [6, 6.07) is -0.562. The lowest BCUT2D eigenvalue weighted by Gasteiger charge is -2.37. The van der Waals surface area contributed by atoms with Crippen molar-refractivity contribution < 1.29 is 52.4 Å². The number of rotatable bonds is 14. The molecule has 13 nitrogen and oxygen atoms in total. The molecule has 1 aliphatic heterocycles. The second-order valence-corrected chi connectivity index (χ2v) is 20.4. The average Bonchev–Trinajstić information content (AvgIpc) is 3.56. The summed E-state index contributed by atoms with van der Waals surface area (Å²) in [6.45, 7) is 23.9. The van der Waals surface area contributed by atoms with Crippen LogP contribution < -0.4 is 5.32 Å². The van der Waals surface area contributed by atoms with Crippen LogP contribution in [0.4, 0.5) is 9.59 Å². The summed E-state index contributed by atoms with van der Waals surface area (Å²) in [5, 5.41) is 12.3. The van der Waals surface area contributed by atoms with Gasteiger partial charge in [-0.3, -0.25) is 9.59 Å². The number of alkyl carbamates (subject to hydrolysis) is 1. The number of aliphatic hydroxyl groups excluding tert-OH is 1. The van der Waals surface area contributed by atoms with Crippen LogP contribution in [0.3, 0.4) is 0 Å². The molecule has 0 aromatic heterocycles. The largest absolute Gasteiger partial charge is 0.469 e. The van der Waals surface area contributed by atoms with Crippen molar-refractivity contribution in [1.29, 1.82) is 0 Å². The Morgan fingerprint density at radius 1 is 0.804 bits per heavy atom. The summed E-state index contributed by atoms with van der Waals surface area (Å²) < 4.78 is 30.9. The molecule has 2 N–H and O–H groups in total. The number of hydrogen-bond acceptors (Lipinski definition) is 11. The Kier molecular flexibility index (Phi) is 30.6. The van der Waals surface area contributed by atoms with Gasteiger partial charge >= 0.3 is 24.1 Å². The number of nitrogens with zero attached hydrogens (tertiary/aromatic N) is 1. The van der Waals surface area contributed by atoms with E-state index in [1.54, 1.807) is 27.8 Å². The molecule has 16 heteroatoms. The van der Waals surface area contributed by atoms with Crippen LogP contribution in [0.5, 0.6) is 0 Å². The molecule has 0 radical (unpaired) electrons. The van der Waals surface area contributed by atoms with Gasteiger partial charge in [0, 0.05) is 33.1 Å². The molecule has 0 aromatic rings. The molecule has 2 atom stereocenters. The minimum absolute atomic E-state index is 0. The molecule has 51 heavy (non-hydrogen) atoms. The van der Waals surface area contributed by atoms with Crippen LogP contribution >= 0.6 is 27.0 Å². The molecule has 1 saturated heterocycles. The van der Waals surface area contributed by atoms with Crippen LogP contribution in [0, 0.1) is 0 Å². The summed E-state index contributed by atoms with van der Waals surface area (Å²) >= 11 is 0. The van der Waals surface area contributed by atoms with E-state index < -0.39 is 31.7 Å². The summed E-state index contributed by atoms with van der Waals surface area (Å²) in [4.78, 5) is 47.5. The topological polar surface area (TPSA) is 159 Å². The molecule has 0 aliphatic carbocycles. The predicted molar refractivity (Wildman–Crippen MR) is 214 cm³/mol. The van der Waals surface area contributed by atoms with Gasteiger partial charge in [-0.15, -0.1) is 0 Å². The van der Waals surface area contributed by atoms with Crippen molar-refractivity contribution in [2.24, 2.45) is 0 Å². The van der Waals surface area contributed by atoms with Gasteiger partial charge in [0.2, 0.25) is 0 Å². The fourth-order valence-corrected chi connectivity index (χ4v) is 4.83. The maximum absolute atomic E-state index is 12.1. The van der Waals surface area contributed by atoms with E-state index in [1.165, 1.54) is 32.0 Å². The minimum Gasteiger partial charge on any atom is -0.469 e. The number of carbonyl (C=O) groups excluding carboxylic acids is 4. The first-order chi connectivity index (χ1) is 22.4. The van der Waals surface area contributed by atoms with Crippen molar-refractivity contribution in [2.45, 2.75) is 155 Å². The van der Waals surface area contributed by atoms with Crippen LogP contribution in [0.15, 0.2) is 0 Å². The monoisotopic (exact) mass is 790 g/mol. The second kappa shape index (κ2) is 27.8. The van der Waals surface area contributed by atoms with E-state index in [-0.39, 0.29) is 69.1 Å². The number of likely N-dealkylation sites (N-methyl/N-ethyl adjacent to an activating group) is 1. The van der Waals surface area contributed by atoms with Gasteiger partial charge in [0.05, 0.1) is 39.5 Å². The number of hydrogen-bond donors (Lipinski definition) is 2. The molecule has 0 aromatic carbocycles. The fourth-order valence-electron chi connectivity index (χ4n) is 3.78. The quantitative estimate of drug-likeness (QED) is 0.108. The van der Waals surface area contributed by atoms with E-state index in [9.17, 15) is 24.3 Å². The molecule has 0 bridgehead atoms. The first kappa shape index (κ1) is 56.0. The fraction of sp³-hybridized carbons (Fsp3) is 0.886. The first-order valence-electron chi connectivity index (χ1n) is 17.3. The number of aliphatic hydroxyl groups is 1. The number of esters is 2. The van der Waals surface area contributed by atoms with Crippen LogP contribution in [-0.2, 0) is 37.7 Å². The number of amides is 2. The number of nitrogens with one attached hydrogen (secondary N) is 1. The molecule has 1 aliphatic rings. The first-order valence-corrected chi connectivity index (χ1v) is 20.2. The van der Waals surface area contributed by atoms with Gasteiger partial charge in [-0.2, -0.15) is 27.0 Å². The third kappa shape index (κ3) is 30.4. The van der Waals surface area contributed by atoms with Crippen molar-refractivity contribution in [3.63, 3.8) is 0 Å². The summed E-state index contributed by atoms with van der Waals surface area (Å²) in [7, 11) is 2.37. The molecule has 0 unspecified atom stereocenters. The number of ether oxygens (including phenoxy) is 5. The Balaban J connectivity index is -0.000000375. The number of carbonyl (C=O) groups is 4. The van der Waals surface area contributed by atoms with Gasteiger partial charge in [-0.05, 0) is 98.2 Å².